The summed E-state index contributed by atoms with van der Waals surface area (Å²) in [7, 11) is 2.68. The van der Waals surface area contributed by atoms with E-state index in [1.165, 1.54) is 14.2 Å². The molecule has 0 radical (unpaired) electrons. The quantitative estimate of drug-likeness (QED) is 0.570. The van der Waals surface area contributed by atoms with E-state index >= 15 is 0 Å². The topological polar surface area (TPSA) is 61.8 Å². The van der Waals surface area contributed by atoms with Crippen LogP contribution in [0.15, 0.2) is 42.5 Å². The van der Waals surface area contributed by atoms with Gasteiger partial charge in [-0.25, -0.2) is 9.59 Å². The summed E-state index contributed by atoms with van der Waals surface area (Å²) in [6, 6.07) is 8.43. The van der Waals surface area contributed by atoms with E-state index in [4.69, 9.17) is 9.47 Å². The van der Waals surface area contributed by atoms with E-state index in [-0.39, 0.29) is 0 Å². The molecule has 0 spiro atoms. The molecule has 5 nitrogen and oxygen atoms in total. The average Bonchev–Trinajstić information content (AvgIpc) is 2.50. The van der Waals surface area contributed by atoms with Crippen LogP contribution < -0.4 is 0 Å². The zero-order valence-electron chi connectivity index (χ0n) is 12.5. The number of hydrogen-bond acceptors (Lipinski definition) is 5. The molecule has 114 valence electrons. The Kier molecular flexibility index (Phi) is 6.62. The van der Waals surface area contributed by atoms with Crippen LogP contribution in [0.4, 0.5) is 0 Å². The molecule has 0 heterocycles. The van der Waals surface area contributed by atoms with Gasteiger partial charge in [0, 0.05) is 7.11 Å². The Hall–Kier alpha value is -2.14. The molecular weight excluding hydrogens is 272 g/mol. The number of benzene rings is 1. The second kappa shape index (κ2) is 8.21. The standard InChI is InChI=1S/C16H20O5/c1-11(2)10-13(19-3)14(16(18)20-4)21-15(17)12-8-6-5-7-9-12/h5-9,13-14H,1,10H2,2-4H3/t13-,14-/m0/s1. The Balaban J connectivity index is 2.90. The molecular formula is C16H20O5. The molecule has 0 aliphatic heterocycles. The molecule has 0 N–H and O–H groups in total. The van der Waals surface area contributed by atoms with Gasteiger partial charge >= 0.3 is 11.9 Å². The fraction of sp³-hybridized carbons (Fsp3) is 0.375. The van der Waals surface area contributed by atoms with Gasteiger partial charge in [0.1, 0.15) is 6.10 Å². The fourth-order valence-electron chi connectivity index (χ4n) is 1.81. The van der Waals surface area contributed by atoms with Crippen LogP contribution in [0.5, 0.6) is 0 Å². The Morgan fingerprint density at radius 3 is 2.29 bits per heavy atom. The first-order chi connectivity index (χ1) is 9.99. The third-order valence-corrected chi connectivity index (χ3v) is 2.87. The van der Waals surface area contributed by atoms with Crippen molar-refractivity contribution in [1.29, 1.82) is 0 Å². The summed E-state index contributed by atoms with van der Waals surface area (Å²) in [4.78, 5) is 23.9. The molecule has 1 aromatic carbocycles. The number of carbonyl (C=O) groups excluding carboxylic acids is 2. The zero-order chi connectivity index (χ0) is 15.8. The lowest BCUT2D eigenvalue weighted by molar-refractivity contribution is -0.158. The van der Waals surface area contributed by atoms with Crippen LogP contribution in [0.25, 0.3) is 0 Å². The SMILES string of the molecule is C=C(C)C[C@H](OC)[C@H](OC(=O)c1ccccc1)C(=O)OC. The first kappa shape index (κ1) is 16.9. The lowest BCUT2D eigenvalue weighted by Crippen LogP contribution is -2.40. The number of methoxy groups -OCH3 is 2. The van der Waals surface area contributed by atoms with Crippen molar-refractivity contribution in [3.05, 3.63) is 48.0 Å². The minimum absolute atomic E-state index is 0.358. The Morgan fingerprint density at radius 2 is 1.81 bits per heavy atom. The largest absolute Gasteiger partial charge is 0.466 e. The lowest BCUT2D eigenvalue weighted by atomic mass is 10.1. The predicted molar refractivity (Wildman–Crippen MR) is 77.9 cm³/mol. The van der Waals surface area contributed by atoms with Gasteiger partial charge in [-0.05, 0) is 25.5 Å². The fourth-order valence-corrected chi connectivity index (χ4v) is 1.81. The van der Waals surface area contributed by atoms with Crippen LogP contribution in [0, 0.1) is 0 Å². The van der Waals surface area contributed by atoms with Crippen molar-refractivity contribution in [2.75, 3.05) is 14.2 Å². The first-order valence-electron chi connectivity index (χ1n) is 6.50. The van der Waals surface area contributed by atoms with E-state index in [1.54, 1.807) is 37.3 Å². The van der Waals surface area contributed by atoms with Gasteiger partial charge in [-0.3, -0.25) is 0 Å². The summed E-state index contributed by atoms with van der Waals surface area (Å²) >= 11 is 0. The second-order valence-corrected chi connectivity index (χ2v) is 4.65. The van der Waals surface area contributed by atoms with Gasteiger partial charge in [0.2, 0.25) is 6.10 Å². The molecule has 1 rings (SSSR count). The van der Waals surface area contributed by atoms with Gasteiger partial charge in [0.25, 0.3) is 0 Å². The first-order valence-corrected chi connectivity index (χ1v) is 6.50. The van der Waals surface area contributed by atoms with Crippen molar-refractivity contribution >= 4 is 11.9 Å². The highest BCUT2D eigenvalue weighted by Gasteiger charge is 2.33. The molecule has 1 aromatic rings. The predicted octanol–water partition coefficient (Wildman–Crippen LogP) is 2.37. The van der Waals surface area contributed by atoms with Crippen molar-refractivity contribution in [3.63, 3.8) is 0 Å². The van der Waals surface area contributed by atoms with Crippen LogP contribution in [0.3, 0.4) is 0 Å². The van der Waals surface area contributed by atoms with Crippen molar-refractivity contribution in [2.24, 2.45) is 0 Å². The van der Waals surface area contributed by atoms with Crippen LogP contribution in [-0.2, 0) is 19.0 Å². The highest BCUT2D eigenvalue weighted by molar-refractivity contribution is 5.91. The number of rotatable bonds is 7. The molecule has 0 aromatic heterocycles. The Morgan fingerprint density at radius 1 is 1.19 bits per heavy atom. The third-order valence-electron chi connectivity index (χ3n) is 2.87. The molecule has 5 heteroatoms. The van der Waals surface area contributed by atoms with Gasteiger partial charge in [-0.1, -0.05) is 23.8 Å². The van der Waals surface area contributed by atoms with E-state index in [1.807, 2.05) is 0 Å². The van der Waals surface area contributed by atoms with Gasteiger partial charge in [-0.15, -0.1) is 6.58 Å². The summed E-state index contributed by atoms with van der Waals surface area (Å²) in [6.07, 6.45) is -1.38. The Labute approximate surface area is 124 Å². The smallest absolute Gasteiger partial charge is 0.349 e. The van der Waals surface area contributed by atoms with Crippen LogP contribution in [0.1, 0.15) is 23.7 Å². The molecule has 0 aliphatic carbocycles. The molecule has 21 heavy (non-hydrogen) atoms. The number of esters is 2. The maximum Gasteiger partial charge on any atom is 0.349 e. The molecule has 0 saturated heterocycles. The maximum absolute atomic E-state index is 12.1. The van der Waals surface area contributed by atoms with Gasteiger partial charge < -0.3 is 14.2 Å². The summed E-state index contributed by atoms with van der Waals surface area (Å²) < 4.78 is 15.2. The summed E-state index contributed by atoms with van der Waals surface area (Å²) in [5.74, 6) is -1.26. The molecule has 0 unspecified atom stereocenters. The molecule has 0 bridgehead atoms. The molecule has 0 amide bonds. The normalized spacial score (nSPS) is 13.1. The van der Waals surface area contributed by atoms with Gasteiger partial charge in [0.15, 0.2) is 0 Å². The molecule has 2 atom stereocenters. The van der Waals surface area contributed by atoms with E-state index in [2.05, 4.69) is 11.3 Å². The van der Waals surface area contributed by atoms with E-state index < -0.39 is 24.1 Å². The number of hydrogen-bond donors (Lipinski definition) is 0. The van der Waals surface area contributed by atoms with Crippen molar-refractivity contribution in [2.45, 2.75) is 25.6 Å². The number of carbonyl (C=O) groups is 2. The van der Waals surface area contributed by atoms with Crippen molar-refractivity contribution in [3.8, 4) is 0 Å². The minimum Gasteiger partial charge on any atom is -0.466 e. The van der Waals surface area contributed by atoms with Gasteiger partial charge in [-0.2, -0.15) is 0 Å². The van der Waals surface area contributed by atoms with E-state index in [9.17, 15) is 9.59 Å². The summed E-state index contributed by atoms with van der Waals surface area (Å²) in [5.41, 5.74) is 1.17. The van der Waals surface area contributed by atoms with Crippen LogP contribution in [-0.4, -0.2) is 38.4 Å². The third kappa shape index (κ3) is 5.04. The van der Waals surface area contributed by atoms with Crippen molar-refractivity contribution in [1.82, 2.24) is 0 Å². The molecule has 0 fully saturated rings. The monoisotopic (exact) mass is 292 g/mol. The minimum atomic E-state index is -1.13. The van der Waals surface area contributed by atoms with Crippen molar-refractivity contribution < 1.29 is 23.8 Å². The van der Waals surface area contributed by atoms with Crippen LogP contribution in [0.2, 0.25) is 0 Å². The highest BCUT2D eigenvalue weighted by atomic mass is 16.6. The lowest BCUT2D eigenvalue weighted by Gasteiger charge is -2.24. The Bertz CT molecular complexity index is 495. The molecule has 0 aliphatic rings. The van der Waals surface area contributed by atoms with E-state index in [0.717, 1.165) is 5.57 Å². The van der Waals surface area contributed by atoms with Crippen LogP contribution >= 0.6 is 0 Å². The summed E-state index contributed by atoms with van der Waals surface area (Å²) in [5, 5.41) is 0. The zero-order valence-corrected chi connectivity index (χ0v) is 12.5. The average molecular weight is 292 g/mol. The number of ether oxygens (including phenoxy) is 3. The summed E-state index contributed by atoms with van der Waals surface area (Å²) in [6.45, 7) is 5.58. The molecule has 0 saturated carbocycles. The highest BCUT2D eigenvalue weighted by Crippen LogP contribution is 2.16. The van der Waals surface area contributed by atoms with Gasteiger partial charge in [0.05, 0.1) is 12.7 Å². The van der Waals surface area contributed by atoms with E-state index in [0.29, 0.717) is 12.0 Å². The maximum atomic E-state index is 12.1. The second-order valence-electron chi connectivity index (χ2n) is 4.65.